The van der Waals surface area contributed by atoms with Gasteiger partial charge in [-0.1, -0.05) is 12.1 Å². The molecular formula is C26H26N2O7. The monoisotopic (exact) mass is 478 g/mol. The number of fused-ring (bicyclic) bond motifs is 3. The van der Waals surface area contributed by atoms with Gasteiger partial charge in [-0.25, -0.2) is 0 Å². The van der Waals surface area contributed by atoms with Crippen LogP contribution in [0.25, 0.3) is 5.76 Å². The fourth-order valence-electron chi connectivity index (χ4n) is 6.03. The minimum atomic E-state index is -2.57. The van der Waals surface area contributed by atoms with Crippen LogP contribution in [0, 0.1) is 17.8 Å². The number of carbonyl (C=O) groups is 3. The number of aliphatic hydroxyl groups excluding tert-OH is 2. The van der Waals surface area contributed by atoms with E-state index < -0.39 is 52.7 Å². The van der Waals surface area contributed by atoms with Crippen LogP contribution >= 0.6 is 0 Å². The third-order valence-electron chi connectivity index (χ3n) is 7.74. The highest BCUT2D eigenvalue weighted by atomic mass is 16.3. The molecule has 6 N–H and O–H groups in total. The van der Waals surface area contributed by atoms with Crippen LogP contribution in [-0.2, 0) is 33.6 Å². The van der Waals surface area contributed by atoms with Crippen LogP contribution in [0.5, 0.6) is 5.75 Å². The highest BCUT2D eigenvalue weighted by Crippen LogP contribution is 2.51. The quantitative estimate of drug-likeness (QED) is 0.401. The summed E-state index contributed by atoms with van der Waals surface area (Å²) in [7, 11) is 0. The van der Waals surface area contributed by atoms with Gasteiger partial charge in [-0.2, -0.15) is 0 Å². The fraction of sp³-hybridized carbons (Fsp3) is 0.385. The highest BCUT2D eigenvalue weighted by molar-refractivity contribution is 6.24. The van der Waals surface area contributed by atoms with Crippen molar-refractivity contribution in [1.82, 2.24) is 4.98 Å². The maximum Gasteiger partial charge on any atom is 0.230 e. The average molecular weight is 479 g/mol. The molecule has 3 aliphatic rings. The molecule has 1 amide bonds. The fourth-order valence-corrected chi connectivity index (χ4v) is 6.03. The van der Waals surface area contributed by atoms with E-state index in [1.54, 1.807) is 12.3 Å². The van der Waals surface area contributed by atoms with Crippen molar-refractivity contribution >= 4 is 23.2 Å². The van der Waals surface area contributed by atoms with E-state index in [-0.39, 0.29) is 29.7 Å². The number of aliphatic hydroxyl groups is 3. The molecule has 5 rings (SSSR count). The highest BCUT2D eigenvalue weighted by Gasteiger charge is 2.63. The van der Waals surface area contributed by atoms with Gasteiger partial charge < -0.3 is 26.2 Å². The van der Waals surface area contributed by atoms with Gasteiger partial charge >= 0.3 is 0 Å². The predicted molar refractivity (Wildman–Crippen MR) is 123 cm³/mol. The normalized spacial score (nSPS) is 29.9. The van der Waals surface area contributed by atoms with E-state index in [9.17, 15) is 34.8 Å². The summed E-state index contributed by atoms with van der Waals surface area (Å²) in [5, 5.41) is 43.4. The Morgan fingerprint density at radius 1 is 1.11 bits per heavy atom. The number of rotatable bonds is 4. The molecule has 182 valence electrons. The first-order valence-electron chi connectivity index (χ1n) is 11.6. The summed E-state index contributed by atoms with van der Waals surface area (Å²) in [4.78, 5) is 42.6. The smallest absolute Gasteiger partial charge is 0.230 e. The zero-order chi connectivity index (χ0) is 25.1. The molecule has 2 aromatic rings. The van der Waals surface area contributed by atoms with E-state index in [4.69, 9.17) is 5.73 Å². The molecule has 3 aliphatic carbocycles. The van der Waals surface area contributed by atoms with Gasteiger partial charge in [0, 0.05) is 23.4 Å². The summed E-state index contributed by atoms with van der Waals surface area (Å²) in [5.74, 6) is -7.10. The number of aromatic hydroxyl groups is 1. The molecule has 0 aliphatic heterocycles. The Bertz CT molecular complexity index is 1270. The molecule has 0 spiro atoms. The van der Waals surface area contributed by atoms with Gasteiger partial charge in [0.1, 0.15) is 17.4 Å². The summed E-state index contributed by atoms with van der Waals surface area (Å²) in [6.07, 6.45) is 1.84. The van der Waals surface area contributed by atoms with Gasteiger partial charge in [0.15, 0.2) is 11.4 Å². The summed E-state index contributed by atoms with van der Waals surface area (Å²) in [5.41, 5.74) is 5.14. The zero-order valence-electron chi connectivity index (χ0n) is 18.8. The van der Waals surface area contributed by atoms with Crippen LogP contribution in [-0.4, -0.2) is 54.6 Å². The van der Waals surface area contributed by atoms with Crippen LogP contribution < -0.4 is 5.73 Å². The molecule has 2 fully saturated rings. The predicted octanol–water partition coefficient (Wildman–Crippen LogP) is 0.769. The largest absolute Gasteiger partial charge is 0.507 e. The van der Waals surface area contributed by atoms with Crippen molar-refractivity contribution in [3.05, 3.63) is 64.5 Å². The number of phenols is 1. The van der Waals surface area contributed by atoms with Crippen LogP contribution in [0.2, 0.25) is 0 Å². The maximum absolute atomic E-state index is 13.5. The van der Waals surface area contributed by atoms with E-state index >= 15 is 0 Å². The number of pyridine rings is 1. The van der Waals surface area contributed by atoms with E-state index in [1.165, 1.54) is 6.07 Å². The molecule has 2 unspecified atom stereocenters. The van der Waals surface area contributed by atoms with Gasteiger partial charge in [0.2, 0.25) is 11.7 Å². The van der Waals surface area contributed by atoms with Gasteiger partial charge in [-0.3, -0.25) is 19.4 Å². The Hall–Kier alpha value is -3.56. The lowest BCUT2D eigenvalue weighted by Crippen LogP contribution is -2.66. The number of carbonyl (C=O) groups excluding carboxylic acids is 3. The molecule has 9 heteroatoms. The minimum Gasteiger partial charge on any atom is -0.507 e. The molecule has 0 bridgehead atoms. The SMILES string of the molecule is NC(=O)C1C(=O)[C@@]2(O)C(=O)C3=C(O)c4c(O)ccc(CCc5ccccn5)c4C[C@H]3C[C@H]2CC1O. The van der Waals surface area contributed by atoms with Gasteiger partial charge in [0.05, 0.1) is 11.7 Å². The number of benzene rings is 1. The Morgan fingerprint density at radius 2 is 1.89 bits per heavy atom. The van der Waals surface area contributed by atoms with Crippen molar-refractivity contribution in [2.75, 3.05) is 0 Å². The van der Waals surface area contributed by atoms with Crippen LogP contribution in [0.4, 0.5) is 0 Å². The molecule has 35 heavy (non-hydrogen) atoms. The Labute approximate surface area is 200 Å². The number of amides is 1. The number of hydrogen-bond acceptors (Lipinski definition) is 8. The summed E-state index contributed by atoms with van der Waals surface area (Å²) in [6.45, 7) is 0. The first-order valence-corrected chi connectivity index (χ1v) is 11.6. The Kier molecular flexibility index (Phi) is 5.49. The number of aryl methyl sites for hydroxylation is 2. The topological polar surface area (TPSA) is 171 Å². The number of nitrogens with zero attached hydrogens (tertiary/aromatic N) is 1. The number of aromatic nitrogens is 1. The number of nitrogens with two attached hydrogens (primary N) is 1. The molecule has 9 nitrogen and oxygen atoms in total. The Balaban J connectivity index is 1.56. The average Bonchev–Trinajstić information content (AvgIpc) is 2.81. The number of phenolic OH excluding ortho intramolecular Hbond substituents is 1. The number of primary amides is 1. The minimum absolute atomic E-state index is 0.111. The second kappa shape index (κ2) is 8.28. The van der Waals surface area contributed by atoms with Crippen molar-refractivity contribution in [2.45, 2.75) is 43.8 Å². The molecule has 5 atom stereocenters. The van der Waals surface area contributed by atoms with Gasteiger partial charge in [-0.05, 0) is 67.3 Å². The van der Waals surface area contributed by atoms with Crippen LogP contribution in [0.1, 0.15) is 35.2 Å². The van der Waals surface area contributed by atoms with E-state index in [0.29, 0.717) is 24.8 Å². The summed E-state index contributed by atoms with van der Waals surface area (Å²) < 4.78 is 0. The van der Waals surface area contributed by atoms with Crippen molar-refractivity contribution in [3.63, 3.8) is 0 Å². The lowest BCUT2D eigenvalue weighted by Gasteiger charge is -2.48. The van der Waals surface area contributed by atoms with E-state index in [2.05, 4.69) is 4.98 Å². The van der Waals surface area contributed by atoms with Crippen LogP contribution in [0.15, 0.2) is 42.1 Å². The number of hydrogen-bond donors (Lipinski definition) is 5. The third kappa shape index (κ3) is 3.45. The maximum atomic E-state index is 13.5. The molecule has 1 aromatic carbocycles. The van der Waals surface area contributed by atoms with Crippen LogP contribution in [0.3, 0.4) is 0 Å². The lowest BCUT2D eigenvalue weighted by atomic mass is 9.56. The van der Waals surface area contributed by atoms with Crippen molar-refractivity contribution in [2.24, 2.45) is 23.5 Å². The molecule has 0 saturated heterocycles. The Morgan fingerprint density at radius 3 is 2.57 bits per heavy atom. The number of ketones is 2. The van der Waals surface area contributed by atoms with E-state index in [1.807, 2.05) is 18.2 Å². The van der Waals surface area contributed by atoms with Crippen molar-refractivity contribution in [1.29, 1.82) is 0 Å². The first kappa shape index (κ1) is 23.2. The summed E-state index contributed by atoms with van der Waals surface area (Å²) >= 11 is 0. The van der Waals surface area contributed by atoms with Gasteiger partial charge in [-0.15, -0.1) is 0 Å². The second-order valence-electron chi connectivity index (χ2n) is 9.66. The van der Waals surface area contributed by atoms with E-state index in [0.717, 1.165) is 11.3 Å². The molecule has 0 radical (unpaired) electrons. The number of Topliss-reactive ketones (excluding diaryl/α,β-unsaturated/α-hetero) is 2. The first-order chi connectivity index (χ1) is 16.6. The lowest BCUT2D eigenvalue weighted by molar-refractivity contribution is -0.174. The molecule has 1 heterocycles. The van der Waals surface area contributed by atoms with Gasteiger partial charge in [0.25, 0.3) is 0 Å². The van der Waals surface area contributed by atoms with Crippen molar-refractivity contribution in [3.8, 4) is 5.75 Å². The third-order valence-corrected chi connectivity index (χ3v) is 7.74. The molecule has 2 saturated carbocycles. The molecular weight excluding hydrogens is 452 g/mol. The molecule has 1 aromatic heterocycles. The zero-order valence-corrected chi connectivity index (χ0v) is 18.8. The van der Waals surface area contributed by atoms with Crippen molar-refractivity contribution < 1.29 is 34.8 Å². The summed E-state index contributed by atoms with van der Waals surface area (Å²) in [6, 6.07) is 8.86. The second-order valence-corrected chi connectivity index (χ2v) is 9.66. The standard InChI is InChI=1S/C26H26N2O7/c27-25(34)21-18(30)11-14-9-13-10-16-12(4-6-15-3-1-2-8-28-15)5-7-17(29)20(16)22(31)19(13)23(32)26(14,35)24(21)33/h1-3,5,7-8,13-14,18,21,29-31,35H,4,6,9-11H2,(H2,27,34)/t13-,14+,18?,21?,26+/m1/s1.